The highest BCUT2D eigenvalue weighted by Gasteiger charge is 2.31. The maximum absolute atomic E-state index is 11.9. The van der Waals surface area contributed by atoms with E-state index in [1.54, 1.807) is 11.8 Å². The molecule has 0 aliphatic carbocycles. The van der Waals surface area contributed by atoms with Gasteiger partial charge in [0.2, 0.25) is 11.8 Å². The zero-order valence-corrected chi connectivity index (χ0v) is 9.90. The lowest BCUT2D eigenvalue weighted by Gasteiger charge is -2.26. The fraction of sp³-hybridized carbons (Fsp3) is 0.818. The Morgan fingerprint density at radius 2 is 2.31 bits per heavy atom. The third-order valence-corrected chi connectivity index (χ3v) is 2.84. The summed E-state index contributed by atoms with van der Waals surface area (Å²) in [5.41, 5.74) is 0. The molecular formula is C11H20N2O3. The van der Waals surface area contributed by atoms with Crippen molar-refractivity contribution in [2.75, 3.05) is 13.2 Å². The molecule has 1 rings (SSSR count). The Balaban J connectivity index is 2.59. The topological polar surface area (TPSA) is 69.6 Å². The molecule has 1 aliphatic heterocycles. The Kier molecular flexibility index (Phi) is 4.73. The van der Waals surface area contributed by atoms with E-state index in [1.807, 2.05) is 6.92 Å². The fourth-order valence-corrected chi connectivity index (χ4v) is 1.93. The van der Waals surface area contributed by atoms with Crippen molar-refractivity contribution in [3.8, 4) is 0 Å². The molecule has 0 saturated carbocycles. The highest BCUT2D eigenvalue weighted by Crippen LogP contribution is 2.15. The van der Waals surface area contributed by atoms with Gasteiger partial charge >= 0.3 is 0 Å². The molecule has 1 aliphatic rings. The SMILES string of the molecule is CCC(C(=O)NC(C)CO)N1CCCC1=O. The van der Waals surface area contributed by atoms with Crippen LogP contribution in [0.5, 0.6) is 0 Å². The minimum absolute atomic E-state index is 0.0543. The highest BCUT2D eigenvalue weighted by molar-refractivity contribution is 5.88. The smallest absolute Gasteiger partial charge is 0.243 e. The number of carbonyl (C=O) groups is 2. The second kappa shape index (κ2) is 5.84. The van der Waals surface area contributed by atoms with E-state index < -0.39 is 0 Å². The van der Waals surface area contributed by atoms with Crippen molar-refractivity contribution in [2.24, 2.45) is 0 Å². The molecule has 2 N–H and O–H groups in total. The number of nitrogens with zero attached hydrogens (tertiary/aromatic N) is 1. The number of nitrogens with one attached hydrogen (secondary N) is 1. The Morgan fingerprint density at radius 3 is 2.75 bits per heavy atom. The predicted molar refractivity (Wildman–Crippen MR) is 59.7 cm³/mol. The summed E-state index contributed by atoms with van der Waals surface area (Å²) in [7, 11) is 0. The fourth-order valence-electron chi connectivity index (χ4n) is 1.93. The molecule has 1 saturated heterocycles. The van der Waals surface area contributed by atoms with E-state index in [4.69, 9.17) is 5.11 Å². The molecular weight excluding hydrogens is 208 g/mol. The summed E-state index contributed by atoms with van der Waals surface area (Å²) in [4.78, 5) is 25.0. The van der Waals surface area contributed by atoms with Crippen molar-refractivity contribution in [2.45, 2.75) is 45.2 Å². The maximum Gasteiger partial charge on any atom is 0.243 e. The van der Waals surface area contributed by atoms with Gasteiger partial charge in [-0.15, -0.1) is 0 Å². The lowest BCUT2D eigenvalue weighted by molar-refractivity contribution is -0.138. The van der Waals surface area contributed by atoms with Gasteiger partial charge < -0.3 is 15.3 Å². The van der Waals surface area contributed by atoms with E-state index in [9.17, 15) is 9.59 Å². The number of hydrogen-bond acceptors (Lipinski definition) is 3. The third-order valence-electron chi connectivity index (χ3n) is 2.84. The standard InChI is InChI=1S/C11H20N2O3/c1-3-9(11(16)12-8(2)7-14)13-6-4-5-10(13)15/h8-9,14H,3-7H2,1-2H3,(H,12,16). The first-order valence-corrected chi connectivity index (χ1v) is 5.80. The molecule has 2 amide bonds. The normalized spacial score (nSPS) is 19.7. The summed E-state index contributed by atoms with van der Waals surface area (Å²) in [6.07, 6.45) is 1.98. The molecule has 0 aromatic rings. The van der Waals surface area contributed by atoms with E-state index in [1.165, 1.54) is 0 Å². The summed E-state index contributed by atoms with van der Waals surface area (Å²) in [6, 6.07) is -0.650. The lowest BCUT2D eigenvalue weighted by Crippen LogP contribution is -2.50. The van der Waals surface area contributed by atoms with Gasteiger partial charge in [-0.1, -0.05) is 6.92 Å². The number of carbonyl (C=O) groups excluding carboxylic acids is 2. The molecule has 0 radical (unpaired) electrons. The molecule has 1 fully saturated rings. The van der Waals surface area contributed by atoms with Crippen LogP contribution >= 0.6 is 0 Å². The summed E-state index contributed by atoms with van der Waals surface area (Å²) in [5, 5.41) is 11.6. The Hall–Kier alpha value is -1.10. The van der Waals surface area contributed by atoms with Crippen LogP contribution in [0.2, 0.25) is 0 Å². The molecule has 2 unspecified atom stereocenters. The molecule has 16 heavy (non-hydrogen) atoms. The maximum atomic E-state index is 11.9. The number of rotatable bonds is 5. The Bertz CT molecular complexity index is 268. The monoisotopic (exact) mass is 228 g/mol. The molecule has 0 aromatic heterocycles. The van der Waals surface area contributed by atoms with Crippen LogP contribution in [0.3, 0.4) is 0 Å². The van der Waals surface area contributed by atoms with E-state index in [-0.39, 0.29) is 30.5 Å². The average Bonchev–Trinajstić information content (AvgIpc) is 2.66. The largest absolute Gasteiger partial charge is 0.394 e. The molecule has 0 bridgehead atoms. The van der Waals surface area contributed by atoms with E-state index in [0.717, 1.165) is 6.42 Å². The third kappa shape index (κ3) is 2.95. The van der Waals surface area contributed by atoms with Crippen LogP contribution in [0.25, 0.3) is 0 Å². The van der Waals surface area contributed by atoms with E-state index >= 15 is 0 Å². The quantitative estimate of drug-likeness (QED) is 0.689. The van der Waals surface area contributed by atoms with Crippen molar-refractivity contribution in [1.82, 2.24) is 10.2 Å². The highest BCUT2D eigenvalue weighted by atomic mass is 16.3. The minimum Gasteiger partial charge on any atom is -0.394 e. The number of amides is 2. The molecule has 2 atom stereocenters. The second-order valence-electron chi connectivity index (χ2n) is 4.21. The van der Waals surface area contributed by atoms with Gasteiger partial charge in [-0.2, -0.15) is 0 Å². The van der Waals surface area contributed by atoms with Gasteiger partial charge in [0.25, 0.3) is 0 Å². The van der Waals surface area contributed by atoms with Crippen molar-refractivity contribution in [3.63, 3.8) is 0 Å². The Labute approximate surface area is 95.8 Å². The summed E-state index contributed by atoms with van der Waals surface area (Å²) in [6.45, 7) is 4.20. The summed E-state index contributed by atoms with van der Waals surface area (Å²) < 4.78 is 0. The van der Waals surface area contributed by atoms with Crippen molar-refractivity contribution in [3.05, 3.63) is 0 Å². The number of aliphatic hydroxyl groups excluding tert-OH is 1. The predicted octanol–water partition coefficient (Wildman–Crippen LogP) is -0.116. The summed E-state index contributed by atoms with van der Waals surface area (Å²) >= 11 is 0. The number of likely N-dealkylation sites (tertiary alicyclic amines) is 1. The van der Waals surface area contributed by atoms with Crippen LogP contribution in [0, 0.1) is 0 Å². The molecule has 0 spiro atoms. The van der Waals surface area contributed by atoms with E-state index in [2.05, 4.69) is 5.32 Å². The van der Waals surface area contributed by atoms with Crippen molar-refractivity contribution >= 4 is 11.8 Å². The van der Waals surface area contributed by atoms with Gasteiger partial charge in [-0.05, 0) is 19.8 Å². The molecule has 92 valence electrons. The minimum atomic E-state index is -0.385. The van der Waals surface area contributed by atoms with Crippen LogP contribution in [0.4, 0.5) is 0 Å². The van der Waals surface area contributed by atoms with E-state index in [0.29, 0.717) is 19.4 Å². The van der Waals surface area contributed by atoms with Gasteiger partial charge in [-0.3, -0.25) is 9.59 Å². The van der Waals surface area contributed by atoms with Crippen LogP contribution in [0.15, 0.2) is 0 Å². The van der Waals surface area contributed by atoms with Crippen molar-refractivity contribution in [1.29, 1.82) is 0 Å². The lowest BCUT2D eigenvalue weighted by atomic mass is 10.1. The molecule has 5 heteroatoms. The van der Waals surface area contributed by atoms with Crippen molar-refractivity contribution < 1.29 is 14.7 Å². The number of hydrogen-bond donors (Lipinski definition) is 2. The van der Waals surface area contributed by atoms with Crippen LogP contribution in [-0.2, 0) is 9.59 Å². The zero-order chi connectivity index (χ0) is 12.1. The first kappa shape index (κ1) is 13.0. The first-order valence-electron chi connectivity index (χ1n) is 5.80. The molecule has 0 aromatic carbocycles. The first-order chi connectivity index (χ1) is 7.60. The van der Waals surface area contributed by atoms with Gasteiger partial charge in [-0.25, -0.2) is 0 Å². The zero-order valence-electron chi connectivity index (χ0n) is 9.90. The van der Waals surface area contributed by atoms with Gasteiger partial charge in [0.1, 0.15) is 6.04 Å². The second-order valence-corrected chi connectivity index (χ2v) is 4.21. The van der Waals surface area contributed by atoms with Gasteiger partial charge in [0.05, 0.1) is 6.61 Å². The Morgan fingerprint density at radius 1 is 1.62 bits per heavy atom. The number of aliphatic hydroxyl groups is 1. The average molecular weight is 228 g/mol. The van der Waals surface area contributed by atoms with Crippen LogP contribution in [-0.4, -0.2) is 47.1 Å². The summed E-state index contributed by atoms with van der Waals surface area (Å²) in [5.74, 6) is -0.113. The molecule has 1 heterocycles. The molecule has 5 nitrogen and oxygen atoms in total. The van der Waals surface area contributed by atoms with Gasteiger partial charge in [0, 0.05) is 19.0 Å². The van der Waals surface area contributed by atoms with Gasteiger partial charge in [0.15, 0.2) is 0 Å². The van der Waals surface area contributed by atoms with Crippen LogP contribution in [0.1, 0.15) is 33.1 Å². The van der Waals surface area contributed by atoms with Crippen LogP contribution < -0.4 is 5.32 Å².